The Bertz CT molecular complexity index is 599. The van der Waals surface area contributed by atoms with Crippen molar-refractivity contribution in [1.29, 1.82) is 0 Å². The lowest BCUT2D eigenvalue weighted by molar-refractivity contribution is 0.242. The van der Waals surface area contributed by atoms with E-state index >= 15 is 0 Å². The third-order valence-electron chi connectivity index (χ3n) is 4.10. The molecule has 0 amide bonds. The number of rotatable bonds is 4. The summed E-state index contributed by atoms with van der Waals surface area (Å²) in [5.74, 6) is 0.604. The van der Waals surface area contributed by atoms with Gasteiger partial charge >= 0.3 is 0 Å². The van der Waals surface area contributed by atoms with E-state index in [0.717, 1.165) is 18.4 Å². The van der Waals surface area contributed by atoms with Gasteiger partial charge in [0.25, 0.3) is 0 Å². The first-order valence-corrected chi connectivity index (χ1v) is 8.70. The zero-order chi connectivity index (χ0) is 15.6. The molecule has 118 valence electrons. The molecule has 0 unspecified atom stereocenters. The summed E-state index contributed by atoms with van der Waals surface area (Å²) in [5, 5.41) is 0. The van der Waals surface area contributed by atoms with Crippen molar-refractivity contribution in [2.75, 3.05) is 20.2 Å². The molecule has 1 aromatic carbocycles. The minimum atomic E-state index is -3.54. The molecule has 1 aliphatic heterocycles. The van der Waals surface area contributed by atoms with Gasteiger partial charge in [-0.1, -0.05) is 6.07 Å². The van der Waals surface area contributed by atoms with Crippen LogP contribution in [0.1, 0.15) is 25.3 Å². The molecule has 2 N–H and O–H groups in total. The van der Waals surface area contributed by atoms with Crippen LogP contribution in [0.15, 0.2) is 23.1 Å². The monoisotopic (exact) mass is 312 g/mol. The van der Waals surface area contributed by atoms with Gasteiger partial charge in [0.15, 0.2) is 0 Å². The SMILES string of the molecule is COc1ccc(C)cc1S(=O)(=O)N1CCC[C@@H]([C@H](C)N)C1. The van der Waals surface area contributed by atoms with E-state index in [1.807, 2.05) is 19.9 Å². The Morgan fingerprint density at radius 3 is 2.76 bits per heavy atom. The predicted molar refractivity (Wildman–Crippen MR) is 82.9 cm³/mol. The van der Waals surface area contributed by atoms with Crippen molar-refractivity contribution in [1.82, 2.24) is 4.31 Å². The van der Waals surface area contributed by atoms with E-state index in [1.54, 1.807) is 16.4 Å². The maximum atomic E-state index is 12.9. The minimum absolute atomic E-state index is 0.00223. The number of nitrogens with zero attached hydrogens (tertiary/aromatic N) is 1. The summed E-state index contributed by atoms with van der Waals surface area (Å²) in [4.78, 5) is 0.246. The highest BCUT2D eigenvalue weighted by Crippen LogP contribution is 2.30. The van der Waals surface area contributed by atoms with Crippen molar-refractivity contribution >= 4 is 10.0 Å². The lowest BCUT2D eigenvalue weighted by Gasteiger charge is -2.34. The molecule has 0 aromatic heterocycles. The largest absolute Gasteiger partial charge is 0.495 e. The number of ether oxygens (including phenoxy) is 1. The molecular formula is C15H24N2O3S. The fraction of sp³-hybridized carbons (Fsp3) is 0.600. The lowest BCUT2D eigenvalue weighted by Crippen LogP contribution is -2.45. The molecular weight excluding hydrogens is 288 g/mol. The van der Waals surface area contributed by atoms with Crippen molar-refractivity contribution < 1.29 is 13.2 Å². The minimum Gasteiger partial charge on any atom is -0.495 e. The van der Waals surface area contributed by atoms with Crippen LogP contribution in [0.3, 0.4) is 0 Å². The average molecular weight is 312 g/mol. The van der Waals surface area contributed by atoms with E-state index in [9.17, 15) is 8.42 Å². The van der Waals surface area contributed by atoms with Gasteiger partial charge in [0.1, 0.15) is 10.6 Å². The fourth-order valence-electron chi connectivity index (χ4n) is 2.75. The molecule has 2 atom stereocenters. The van der Waals surface area contributed by atoms with Gasteiger partial charge in [0.2, 0.25) is 10.0 Å². The van der Waals surface area contributed by atoms with Gasteiger partial charge in [0.05, 0.1) is 7.11 Å². The van der Waals surface area contributed by atoms with Gasteiger partial charge < -0.3 is 10.5 Å². The maximum Gasteiger partial charge on any atom is 0.246 e. The van der Waals surface area contributed by atoms with E-state index in [1.165, 1.54) is 7.11 Å². The molecule has 6 heteroatoms. The predicted octanol–water partition coefficient (Wildman–Crippen LogP) is 1.75. The third kappa shape index (κ3) is 3.39. The van der Waals surface area contributed by atoms with E-state index in [2.05, 4.69) is 0 Å². The van der Waals surface area contributed by atoms with Crippen LogP contribution >= 0.6 is 0 Å². The Labute approximate surface area is 127 Å². The molecule has 0 bridgehead atoms. The first-order chi connectivity index (χ1) is 9.86. The molecule has 0 aliphatic carbocycles. The zero-order valence-electron chi connectivity index (χ0n) is 12.9. The molecule has 1 saturated heterocycles. The molecule has 0 spiro atoms. The summed E-state index contributed by atoms with van der Waals surface area (Å²) >= 11 is 0. The summed E-state index contributed by atoms with van der Waals surface area (Å²) in [6, 6.07) is 5.22. The molecule has 21 heavy (non-hydrogen) atoms. The van der Waals surface area contributed by atoms with Gasteiger partial charge in [-0.15, -0.1) is 0 Å². The summed E-state index contributed by atoms with van der Waals surface area (Å²) in [6.07, 6.45) is 1.83. The first kappa shape index (κ1) is 16.3. The number of piperidine rings is 1. The van der Waals surface area contributed by atoms with E-state index < -0.39 is 10.0 Å². The fourth-order valence-corrected chi connectivity index (χ4v) is 4.52. The Hall–Kier alpha value is -1.11. The Kier molecular flexibility index (Phi) is 4.91. The third-order valence-corrected chi connectivity index (χ3v) is 5.99. The van der Waals surface area contributed by atoms with Gasteiger partial charge in [0, 0.05) is 19.1 Å². The number of aryl methyl sites for hydroxylation is 1. The number of hydrogen-bond acceptors (Lipinski definition) is 4. The summed E-state index contributed by atoms with van der Waals surface area (Å²) in [5.41, 5.74) is 6.84. The van der Waals surface area contributed by atoms with Crippen molar-refractivity contribution in [2.24, 2.45) is 11.7 Å². The number of sulfonamides is 1. The summed E-state index contributed by atoms with van der Waals surface area (Å²) in [7, 11) is -2.05. The van der Waals surface area contributed by atoms with Crippen LogP contribution in [0.25, 0.3) is 0 Å². The van der Waals surface area contributed by atoms with Crippen LogP contribution in [0.4, 0.5) is 0 Å². The molecule has 1 fully saturated rings. The average Bonchev–Trinajstić information content (AvgIpc) is 2.47. The molecule has 2 rings (SSSR count). The van der Waals surface area contributed by atoms with Crippen LogP contribution in [0, 0.1) is 12.8 Å². The van der Waals surface area contributed by atoms with Crippen LogP contribution in [0.5, 0.6) is 5.75 Å². The highest BCUT2D eigenvalue weighted by atomic mass is 32.2. The number of nitrogens with two attached hydrogens (primary N) is 1. The molecule has 0 saturated carbocycles. The second-order valence-corrected chi connectivity index (χ2v) is 7.69. The highest BCUT2D eigenvalue weighted by Gasteiger charge is 2.33. The van der Waals surface area contributed by atoms with Crippen LogP contribution in [-0.4, -0.2) is 39.0 Å². The number of methoxy groups -OCH3 is 1. The molecule has 0 radical (unpaired) electrons. The van der Waals surface area contributed by atoms with Crippen LogP contribution in [-0.2, 0) is 10.0 Å². The van der Waals surface area contributed by atoms with Gasteiger partial charge in [-0.2, -0.15) is 4.31 Å². The zero-order valence-corrected chi connectivity index (χ0v) is 13.7. The number of benzene rings is 1. The lowest BCUT2D eigenvalue weighted by atomic mass is 9.93. The first-order valence-electron chi connectivity index (χ1n) is 7.26. The molecule has 1 heterocycles. The van der Waals surface area contributed by atoms with Crippen molar-refractivity contribution in [3.8, 4) is 5.75 Å². The van der Waals surface area contributed by atoms with Crippen molar-refractivity contribution in [3.63, 3.8) is 0 Å². The van der Waals surface area contributed by atoms with Crippen molar-refractivity contribution in [3.05, 3.63) is 23.8 Å². The second kappa shape index (κ2) is 6.34. The normalized spacial score (nSPS) is 22.0. The molecule has 1 aromatic rings. The molecule has 5 nitrogen and oxygen atoms in total. The Morgan fingerprint density at radius 2 is 2.14 bits per heavy atom. The van der Waals surface area contributed by atoms with Crippen molar-refractivity contribution in [2.45, 2.75) is 37.6 Å². The van der Waals surface area contributed by atoms with Gasteiger partial charge in [-0.3, -0.25) is 0 Å². The Balaban J connectivity index is 2.35. The highest BCUT2D eigenvalue weighted by molar-refractivity contribution is 7.89. The van der Waals surface area contributed by atoms with Crippen LogP contribution in [0.2, 0.25) is 0 Å². The molecule has 1 aliphatic rings. The standard InChI is InChI=1S/C15H24N2O3S/c1-11-6-7-14(20-3)15(9-11)21(18,19)17-8-4-5-13(10-17)12(2)16/h6-7,9,12-13H,4-5,8,10,16H2,1-3H3/t12-,13+/m0/s1. The Morgan fingerprint density at radius 1 is 1.43 bits per heavy atom. The quantitative estimate of drug-likeness (QED) is 0.919. The summed E-state index contributed by atoms with van der Waals surface area (Å²) in [6.45, 7) is 4.84. The number of hydrogen-bond donors (Lipinski definition) is 1. The van der Waals surface area contributed by atoms with E-state index in [0.29, 0.717) is 18.8 Å². The van der Waals surface area contributed by atoms with E-state index in [4.69, 9.17) is 10.5 Å². The van der Waals surface area contributed by atoms with Gasteiger partial charge in [-0.25, -0.2) is 8.42 Å². The summed E-state index contributed by atoms with van der Waals surface area (Å²) < 4.78 is 32.5. The van der Waals surface area contributed by atoms with E-state index in [-0.39, 0.29) is 16.9 Å². The smallest absolute Gasteiger partial charge is 0.246 e. The maximum absolute atomic E-state index is 12.9. The second-order valence-electron chi connectivity index (χ2n) is 5.78. The van der Waals surface area contributed by atoms with Gasteiger partial charge in [-0.05, 0) is 50.3 Å². The van der Waals surface area contributed by atoms with Crippen LogP contribution < -0.4 is 10.5 Å². The topological polar surface area (TPSA) is 72.6 Å².